The number of fused-ring (bicyclic) bond motifs is 1. The summed E-state index contributed by atoms with van der Waals surface area (Å²) < 4.78 is 10.5. The first kappa shape index (κ1) is 15.8. The van der Waals surface area contributed by atoms with Gasteiger partial charge in [0.05, 0.1) is 13.7 Å². The molecule has 7 nitrogen and oxygen atoms in total. The Kier molecular flexibility index (Phi) is 4.33. The predicted molar refractivity (Wildman–Crippen MR) is 82.6 cm³/mol. The lowest BCUT2D eigenvalue weighted by Crippen LogP contribution is -2.34. The Labute approximate surface area is 138 Å². The van der Waals surface area contributed by atoms with Crippen LogP contribution < -0.4 is 4.73 Å². The monoisotopic (exact) mass is 328 g/mol. The molecular weight excluding hydrogens is 312 g/mol. The average molecular weight is 328 g/mol. The van der Waals surface area contributed by atoms with Gasteiger partial charge in [-0.05, 0) is 11.6 Å². The Balaban J connectivity index is 1.68. The number of esters is 1. The Bertz CT molecular complexity index is 776. The Hall–Kier alpha value is -3.09. The van der Waals surface area contributed by atoms with Gasteiger partial charge in [-0.3, -0.25) is 4.90 Å². The molecule has 7 heteroatoms. The topological polar surface area (TPSA) is 82.8 Å². The summed E-state index contributed by atoms with van der Waals surface area (Å²) in [7, 11) is 1.25. The van der Waals surface area contributed by atoms with Crippen molar-refractivity contribution in [2.45, 2.75) is 19.7 Å². The van der Waals surface area contributed by atoms with Gasteiger partial charge in [0.15, 0.2) is 6.20 Å². The van der Waals surface area contributed by atoms with Crippen LogP contribution in [0, 0.1) is 5.21 Å². The van der Waals surface area contributed by atoms with E-state index in [1.165, 1.54) is 12.0 Å². The van der Waals surface area contributed by atoms with Crippen LogP contribution in [-0.4, -0.2) is 24.1 Å². The highest BCUT2D eigenvalue weighted by Gasteiger charge is 2.32. The van der Waals surface area contributed by atoms with Gasteiger partial charge in [0.2, 0.25) is 5.69 Å². The second kappa shape index (κ2) is 6.57. The maximum Gasteiger partial charge on any atom is 0.410 e. The van der Waals surface area contributed by atoms with Gasteiger partial charge in [0.25, 0.3) is 0 Å². The minimum absolute atomic E-state index is 0.147. The number of amides is 1. The van der Waals surface area contributed by atoms with Gasteiger partial charge in [-0.15, -0.1) is 0 Å². The van der Waals surface area contributed by atoms with Gasteiger partial charge in [-0.25, -0.2) is 9.59 Å². The van der Waals surface area contributed by atoms with Gasteiger partial charge in [0.1, 0.15) is 18.7 Å². The van der Waals surface area contributed by atoms with Crippen molar-refractivity contribution >= 4 is 12.1 Å². The minimum Gasteiger partial charge on any atom is -0.618 e. The largest absolute Gasteiger partial charge is 0.618 e. The molecule has 1 aromatic heterocycles. The summed E-state index contributed by atoms with van der Waals surface area (Å²) in [5.74, 6) is -0.590. The van der Waals surface area contributed by atoms with E-state index in [0.29, 0.717) is 16.0 Å². The number of pyridine rings is 1. The molecule has 0 radical (unpaired) electrons. The molecular formula is C17H16N2O5. The number of carbonyl (C=O) groups is 2. The first-order valence-electron chi connectivity index (χ1n) is 7.37. The predicted octanol–water partition coefficient (Wildman–Crippen LogP) is 1.76. The lowest BCUT2D eigenvalue weighted by molar-refractivity contribution is -0.614. The van der Waals surface area contributed by atoms with Crippen LogP contribution in [0.1, 0.15) is 27.2 Å². The molecule has 2 aromatic rings. The second-order valence-electron chi connectivity index (χ2n) is 5.41. The molecule has 0 saturated heterocycles. The van der Waals surface area contributed by atoms with Crippen molar-refractivity contribution in [1.29, 1.82) is 0 Å². The van der Waals surface area contributed by atoms with Crippen LogP contribution in [-0.2, 0) is 29.2 Å². The molecule has 0 N–H and O–H groups in total. The van der Waals surface area contributed by atoms with E-state index in [0.717, 1.165) is 11.8 Å². The minimum atomic E-state index is -0.590. The average Bonchev–Trinajstić information content (AvgIpc) is 3.04. The number of rotatable bonds is 3. The van der Waals surface area contributed by atoms with Crippen molar-refractivity contribution < 1.29 is 23.8 Å². The van der Waals surface area contributed by atoms with Crippen molar-refractivity contribution in [2.24, 2.45) is 0 Å². The fourth-order valence-corrected chi connectivity index (χ4v) is 2.57. The third-order valence-electron chi connectivity index (χ3n) is 3.81. The number of hydrogen-bond acceptors (Lipinski definition) is 5. The van der Waals surface area contributed by atoms with E-state index < -0.39 is 12.1 Å². The Morgan fingerprint density at radius 2 is 2.00 bits per heavy atom. The number of ether oxygens (including phenoxy) is 2. The number of methoxy groups -OCH3 is 1. The maximum atomic E-state index is 12.2. The molecule has 2 heterocycles. The quantitative estimate of drug-likeness (QED) is 0.487. The molecule has 0 saturated carbocycles. The third-order valence-corrected chi connectivity index (χ3v) is 3.81. The van der Waals surface area contributed by atoms with Gasteiger partial charge >= 0.3 is 12.1 Å². The fraction of sp³-hybridized carbons (Fsp3) is 0.235. The molecule has 0 fully saturated rings. The van der Waals surface area contributed by atoms with Crippen molar-refractivity contribution in [3.05, 3.63) is 70.2 Å². The van der Waals surface area contributed by atoms with Crippen LogP contribution in [0.5, 0.6) is 0 Å². The van der Waals surface area contributed by atoms with Crippen LogP contribution in [0.15, 0.2) is 42.6 Å². The number of benzene rings is 1. The summed E-state index contributed by atoms with van der Waals surface area (Å²) >= 11 is 0. The zero-order valence-electron chi connectivity index (χ0n) is 13.1. The number of aromatic nitrogens is 1. The Morgan fingerprint density at radius 1 is 1.25 bits per heavy atom. The molecule has 24 heavy (non-hydrogen) atoms. The van der Waals surface area contributed by atoms with E-state index in [2.05, 4.69) is 4.74 Å². The molecule has 1 amide bonds. The van der Waals surface area contributed by atoms with Crippen molar-refractivity contribution in [3.8, 4) is 0 Å². The molecule has 1 aliphatic heterocycles. The van der Waals surface area contributed by atoms with E-state index in [9.17, 15) is 14.8 Å². The molecule has 0 unspecified atom stereocenters. The summed E-state index contributed by atoms with van der Waals surface area (Å²) in [5.41, 5.74) is 2.09. The molecule has 1 aromatic carbocycles. The zero-order valence-corrected chi connectivity index (χ0v) is 13.1. The van der Waals surface area contributed by atoms with Crippen LogP contribution in [0.25, 0.3) is 0 Å². The first-order chi connectivity index (χ1) is 11.6. The number of nitrogens with zero attached hydrogens (tertiary/aromatic N) is 2. The lowest BCUT2D eigenvalue weighted by Gasteiger charge is -2.14. The van der Waals surface area contributed by atoms with Gasteiger partial charge in [0, 0.05) is 5.56 Å². The van der Waals surface area contributed by atoms with E-state index in [-0.39, 0.29) is 25.3 Å². The smallest absolute Gasteiger partial charge is 0.410 e. The molecule has 0 aliphatic carbocycles. The third kappa shape index (κ3) is 3.15. The van der Waals surface area contributed by atoms with Crippen molar-refractivity contribution in [3.63, 3.8) is 0 Å². The summed E-state index contributed by atoms with van der Waals surface area (Å²) in [5, 5.41) is 12.0. The molecule has 124 valence electrons. The van der Waals surface area contributed by atoms with Gasteiger partial charge in [-0.2, -0.15) is 4.73 Å². The summed E-state index contributed by atoms with van der Waals surface area (Å²) in [4.78, 5) is 25.2. The van der Waals surface area contributed by atoms with Crippen LogP contribution in [0.3, 0.4) is 0 Å². The molecule has 0 spiro atoms. The summed E-state index contributed by atoms with van der Waals surface area (Å²) in [6.45, 7) is 0.529. The van der Waals surface area contributed by atoms with E-state index in [1.807, 2.05) is 30.3 Å². The first-order valence-corrected chi connectivity index (χ1v) is 7.37. The normalized spacial score (nSPS) is 12.6. The fourth-order valence-electron chi connectivity index (χ4n) is 2.57. The molecule has 0 bridgehead atoms. The maximum absolute atomic E-state index is 12.2. The highest BCUT2D eigenvalue weighted by molar-refractivity contribution is 5.89. The van der Waals surface area contributed by atoms with E-state index in [4.69, 9.17) is 4.74 Å². The Morgan fingerprint density at radius 3 is 2.71 bits per heavy atom. The second-order valence-corrected chi connectivity index (χ2v) is 5.41. The molecule has 1 aliphatic rings. The van der Waals surface area contributed by atoms with Crippen LogP contribution in [0.4, 0.5) is 4.79 Å². The highest BCUT2D eigenvalue weighted by atomic mass is 16.6. The summed E-state index contributed by atoms with van der Waals surface area (Å²) in [6.07, 6.45) is 0.651. The van der Waals surface area contributed by atoms with Gasteiger partial charge < -0.3 is 14.7 Å². The lowest BCUT2D eigenvalue weighted by atomic mass is 10.1. The van der Waals surface area contributed by atoms with Crippen molar-refractivity contribution in [2.75, 3.05) is 7.11 Å². The number of carbonyl (C=O) groups excluding carboxylic acids is 2. The standard InChI is InChI=1S/C17H16N2O5/c1-23-16(20)14-7-13-8-18(10-15(13)19(22)9-14)17(21)24-11-12-5-3-2-4-6-12/h2-7,9H,8,10-11H2,1H3. The van der Waals surface area contributed by atoms with Crippen LogP contribution in [0.2, 0.25) is 0 Å². The number of hydrogen-bond donors (Lipinski definition) is 0. The molecule has 0 atom stereocenters. The van der Waals surface area contributed by atoms with E-state index >= 15 is 0 Å². The van der Waals surface area contributed by atoms with Crippen LogP contribution >= 0.6 is 0 Å². The van der Waals surface area contributed by atoms with Gasteiger partial charge in [-0.1, -0.05) is 30.3 Å². The zero-order chi connectivity index (χ0) is 17.1. The molecule has 3 rings (SSSR count). The van der Waals surface area contributed by atoms with Crippen molar-refractivity contribution in [1.82, 2.24) is 4.90 Å². The summed E-state index contributed by atoms with van der Waals surface area (Å²) in [6, 6.07) is 10.9. The van der Waals surface area contributed by atoms with E-state index in [1.54, 1.807) is 6.07 Å². The highest BCUT2D eigenvalue weighted by Crippen LogP contribution is 2.22. The SMILES string of the molecule is COC(=O)c1cc2c([n+]([O-])c1)CN(C(=O)OCc1ccccc1)C2.